The third-order valence-electron chi connectivity index (χ3n) is 3.69. The van der Waals surface area contributed by atoms with Crippen LogP contribution in [-0.4, -0.2) is 38.4 Å². The average Bonchev–Trinajstić information content (AvgIpc) is 3.01. The van der Waals surface area contributed by atoms with Crippen molar-refractivity contribution in [3.63, 3.8) is 0 Å². The number of methoxy groups -OCH3 is 1. The summed E-state index contributed by atoms with van der Waals surface area (Å²) in [6.45, 7) is 3.03. The van der Waals surface area contributed by atoms with Gasteiger partial charge in [-0.15, -0.1) is 11.8 Å². The van der Waals surface area contributed by atoms with E-state index in [1.54, 1.807) is 18.9 Å². The van der Waals surface area contributed by atoms with Crippen LogP contribution in [0.25, 0.3) is 0 Å². The van der Waals surface area contributed by atoms with Crippen LogP contribution in [0.15, 0.2) is 29.2 Å². The zero-order chi connectivity index (χ0) is 14.9. The quantitative estimate of drug-likeness (QED) is 0.724. The fourth-order valence-corrected chi connectivity index (χ4v) is 3.25. The zero-order valence-electron chi connectivity index (χ0n) is 12.6. The Morgan fingerprint density at radius 3 is 2.90 bits per heavy atom. The highest BCUT2D eigenvalue weighted by molar-refractivity contribution is 7.99. The van der Waals surface area contributed by atoms with E-state index >= 15 is 0 Å². The van der Waals surface area contributed by atoms with Crippen LogP contribution in [0.5, 0.6) is 5.75 Å². The molecule has 1 atom stereocenters. The molecule has 116 valence electrons. The molecular formula is C16H24N2O2S. The van der Waals surface area contributed by atoms with E-state index in [4.69, 9.17) is 4.74 Å². The molecule has 1 aliphatic rings. The van der Waals surface area contributed by atoms with Crippen molar-refractivity contribution in [2.45, 2.75) is 24.2 Å². The van der Waals surface area contributed by atoms with Crippen molar-refractivity contribution in [2.75, 3.05) is 32.5 Å². The fourth-order valence-electron chi connectivity index (χ4n) is 2.40. The lowest BCUT2D eigenvalue weighted by Crippen LogP contribution is -2.26. The Hall–Kier alpha value is -1.20. The van der Waals surface area contributed by atoms with Gasteiger partial charge >= 0.3 is 0 Å². The Morgan fingerprint density at radius 1 is 1.43 bits per heavy atom. The first-order valence-corrected chi connectivity index (χ1v) is 8.51. The minimum atomic E-state index is 0.155. The molecule has 1 aromatic rings. The minimum absolute atomic E-state index is 0.155. The van der Waals surface area contributed by atoms with Gasteiger partial charge in [-0.2, -0.15) is 0 Å². The maximum absolute atomic E-state index is 11.7. The number of carbonyl (C=O) groups excluding carboxylic acids is 1. The zero-order valence-corrected chi connectivity index (χ0v) is 13.4. The molecule has 0 aromatic heterocycles. The second-order valence-electron chi connectivity index (χ2n) is 5.27. The first kappa shape index (κ1) is 16.2. The molecule has 21 heavy (non-hydrogen) atoms. The lowest BCUT2D eigenvalue weighted by molar-refractivity contribution is -0.120. The summed E-state index contributed by atoms with van der Waals surface area (Å²) in [5.41, 5.74) is 0. The normalized spacial score (nSPS) is 17.7. The maximum atomic E-state index is 11.7. The molecular weight excluding hydrogens is 284 g/mol. The first-order chi connectivity index (χ1) is 10.3. The van der Waals surface area contributed by atoms with Gasteiger partial charge in [0.25, 0.3) is 0 Å². The minimum Gasteiger partial charge on any atom is -0.497 e. The number of amides is 1. The van der Waals surface area contributed by atoms with Crippen molar-refractivity contribution in [2.24, 2.45) is 5.92 Å². The molecule has 1 amide bonds. The highest BCUT2D eigenvalue weighted by Gasteiger charge is 2.13. The maximum Gasteiger partial charge on any atom is 0.220 e. The van der Waals surface area contributed by atoms with Crippen molar-refractivity contribution < 1.29 is 9.53 Å². The van der Waals surface area contributed by atoms with Gasteiger partial charge in [-0.25, -0.2) is 0 Å². The summed E-state index contributed by atoms with van der Waals surface area (Å²) in [4.78, 5) is 12.9. The topological polar surface area (TPSA) is 50.4 Å². The molecule has 1 fully saturated rings. The van der Waals surface area contributed by atoms with Crippen LogP contribution in [0.3, 0.4) is 0 Å². The average molecular weight is 308 g/mol. The summed E-state index contributed by atoms with van der Waals surface area (Å²) in [6.07, 6.45) is 2.90. The number of ether oxygens (including phenoxy) is 1. The van der Waals surface area contributed by atoms with Gasteiger partial charge in [-0.1, -0.05) is 0 Å². The molecule has 0 bridgehead atoms. The summed E-state index contributed by atoms with van der Waals surface area (Å²) in [7, 11) is 1.66. The molecule has 2 N–H and O–H groups in total. The molecule has 1 unspecified atom stereocenters. The smallest absolute Gasteiger partial charge is 0.220 e. The number of nitrogens with one attached hydrogen (secondary N) is 2. The molecule has 1 saturated heterocycles. The molecule has 1 aliphatic heterocycles. The largest absolute Gasteiger partial charge is 0.497 e. The van der Waals surface area contributed by atoms with Crippen molar-refractivity contribution >= 4 is 17.7 Å². The van der Waals surface area contributed by atoms with E-state index in [9.17, 15) is 4.79 Å². The van der Waals surface area contributed by atoms with E-state index in [-0.39, 0.29) is 5.91 Å². The van der Waals surface area contributed by atoms with E-state index in [1.807, 2.05) is 24.3 Å². The second-order valence-corrected chi connectivity index (χ2v) is 6.44. The van der Waals surface area contributed by atoms with Gasteiger partial charge in [-0.3, -0.25) is 4.79 Å². The summed E-state index contributed by atoms with van der Waals surface area (Å²) in [5, 5.41) is 6.36. The van der Waals surface area contributed by atoms with Crippen LogP contribution >= 0.6 is 11.8 Å². The number of carbonyl (C=O) groups is 1. The molecule has 1 aromatic carbocycles. The van der Waals surface area contributed by atoms with Crippen LogP contribution in [0.4, 0.5) is 0 Å². The van der Waals surface area contributed by atoms with Gasteiger partial charge in [0.2, 0.25) is 5.91 Å². The molecule has 0 spiro atoms. The number of rotatable bonds is 8. The summed E-state index contributed by atoms with van der Waals surface area (Å²) < 4.78 is 5.12. The Morgan fingerprint density at radius 2 is 2.24 bits per heavy atom. The predicted molar refractivity (Wildman–Crippen MR) is 86.9 cm³/mol. The third-order valence-corrected chi connectivity index (χ3v) is 4.71. The SMILES string of the molecule is COc1ccc(SCCC(=O)NCCC2CCNC2)cc1. The second kappa shape index (κ2) is 8.95. The lowest BCUT2D eigenvalue weighted by atomic mass is 10.1. The lowest BCUT2D eigenvalue weighted by Gasteiger charge is -2.09. The molecule has 0 aliphatic carbocycles. The molecule has 1 heterocycles. The van der Waals surface area contributed by atoms with E-state index < -0.39 is 0 Å². The van der Waals surface area contributed by atoms with Crippen molar-refractivity contribution in [3.05, 3.63) is 24.3 Å². The van der Waals surface area contributed by atoms with Crippen LogP contribution < -0.4 is 15.4 Å². The number of hydrogen-bond donors (Lipinski definition) is 2. The van der Waals surface area contributed by atoms with Gasteiger partial charge in [0, 0.05) is 23.6 Å². The van der Waals surface area contributed by atoms with Gasteiger partial charge in [-0.05, 0) is 56.1 Å². The highest BCUT2D eigenvalue weighted by atomic mass is 32.2. The highest BCUT2D eigenvalue weighted by Crippen LogP contribution is 2.21. The van der Waals surface area contributed by atoms with Crippen LogP contribution in [-0.2, 0) is 4.79 Å². The van der Waals surface area contributed by atoms with Crippen LogP contribution in [0, 0.1) is 5.92 Å². The number of hydrogen-bond acceptors (Lipinski definition) is 4. The van der Waals surface area contributed by atoms with Crippen LogP contribution in [0.2, 0.25) is 0 Å². The summed E-state index contributed by atoms with van der Waals surface area (Å²) in [5.74, 6) is 2.56. The van der Waals surface area contributed by atoms with Gasteiger partial charge in [0.05, 0.1) is 7.11 Å². The molecule has 5 heteroatoms. The van der Waals surface area contributed by atoms with Gasteiger partial charge < -0.3 is 15.4 Å². The standard InChI is InChI=1S/C16H24N2O2S/c1-20-14-2-4-15(5-3-14)21-11-8-16(19)18-10-7-13-6-9-17-12-13/h2-5,13,17H,6-12H2,1H3,(H,18,19). The number of thioether (sulfide) groups is 1. The van der Waals surface area contributed by atoms with Crippen molar-refractivity contribution in [1.29, 1.82) is 0 Å². The van der Waals surface area contributed by atoms with Crippen molar-refractivity contribution in [3.8, 4) is 5.75 Å². The Kier molecular flexibility index (Phi) is 6.89. The molecule has 4 nitrogen and oxygen atoms in total. The Labute approximate surface area is 131 Å². The first-order valence-electron chi connectivity index (χ1n) is 7.52. The predicted octanol–water partition coefficient (Wildman–Crippen LogP) is 2.29. The van der Waals surface area contributed by atoms with E-state index in [0.717, 1.165) is 43.5 Å². The molecule has 0 radical (unpaired) electrons. The molecule has 0 saturated carbocycles. The van der Waals surface area contributed by atoms with Crippen LogP contribution in [0.1, 0.15) is 19.3 Å². The molecule has 2 rings (SSSR count). The fraction of sp³-hybridized carbons (Fsp3) is 0.562. The van der Waals surface area contributed by atoms with E-state index in [0.29, 0.717) is 6.42 Å². The third kappa shape index (κ3) is 5.98. The monoisotopic (exact) mass is 308 g/mol. The number of benzene rings is 1. The van der Waals surface area contributed by atoms with Gasteiger partial charge in [0.1, 0.15) is 5.75 Å². The van der Waals surface area contributed by atoms with E-state index in [1.165, 1.54) is 11.3 Å². The van der Waals surface area contributed by atoms with Crippen molar-refractivity contribution in [1.82, 2.24) is 10.6 Å². The Bertz CT molecular complexity index is 430. The van der Waals surface area contributed by atoms with E-state index in [2.05, 4.69) is 10.6 Å². The Balaban J connectivity index is 1.55. The summed E-state index contributed by atoms with van der Waals surface area (Å²) in [6, 6.07) is 7.93. The van der Waals surface area contributed by atoms with Gasteiger partial charge in [0.15, 0.2) is 0 Å². The summed E-state index contributed by atoms with van der Waals surface area (Å²) >= 11 is 1.70.